The topological polar surface area (TPSA) is 84.8 Å². The van der Waals surface area contributed by atoms with Gasteiger partial charge in [-0.2, -0.15) is 0 Å². The number of aliphatic imine (C=N–C) groups is 1. The van der Waals surface area contributed by atoms with Gasteiger partial charge < -0.3 is 18.9 Å². The fraction of sp³-hybridized carbons (Fsp3) is 0.125. The van der Waals surface area contributed by atoms with Crippen LogP contribution in [0.3, 0.4) is 0 Å². The molecule has 0 saturated carbocycles. The largest absolute Gasteiger partial charge is 0.790 e. The second-order valence-corrected chi connectivity index (χ2v) is 5.52. The van der Waals surface area contributed by atoms with E-state index in [1.54, 1.807) is 6.08 Å². The molecule has 0 amide bonds. The second kappa shape index (κ2) is 3.91. The minimum Gasteiger partial charge on any atom is -0.790 e. The minimum atomic E-state index is -5.21. The number of halogens is 2. The van der Waals surface area contributed by atoms with Gasteiger partial charge in [-0.15, -0.1) is 0 Å². The third kappa shape index (κ3) is 2.09. The normalized spacial score (nSPS) is 28.4. The number of alkyl halides is 1. The lowest BCUT2D eigenvalue weighted by molar-refractivity contribution is -0.344. The Kier molecular flexibility index (Phi) is 2.99. The van der Waals surface area contributed by atoms with E-state index in [4.69, 9.17) is 11.6 Å². The smallest absolute Gasteiger partial charge is 0.206 e. The van der Waals surface area contributed by atoms with Crippen molar-refractivity contribution in [2.45, 2.75) is 5.06 Å². The predicted octanol–water partition coefficient (Wildman–Crippen LogP) is 0.954. The van der Waals surface area contributed by atoms with Crippen LogP contribution in [0.4, 0.5) is 0 Å². The molecule has 1 aliphatic heterocycles. The zero-order chi connectivity index (χ0) is 12.0. The summed E-state index contributed by atoms with van der Waals surface area (Å²) < 4.78 is 15.3. The number of phosphoric acid groups is 1. The Balaban J connectivity index is 2.44. The maximum atomic E-state index is 10.7. The summed E-state index contributed by atoms with van der Waals surface area (Å²) >= 11 is 9.08. The lowest BCUT2D eigenvalue weighted by Gasteiger charge is -2.40. The summed E-state index contributed by atoms with van der Waals surface area (Å²) in [5.41, 5.74) is 0.780. The van der Waals surface area contributed by atoms with E-state index in [9.17, 15) is 14.4 Å². The van der Waals surface area contributed by atoms with Crippen molar-refractivity contribution in [2.75, 3.05) is 0 Å². The molecule has 0 bridgehead atoms. The van der Waals surface area contributed by atoms with Gasteiger partial charge in [0.1, 0.15) is 0 Å². The van der Waals surface area contributed by atoms with Gasteiger partial charge in [0.25, 0.3) is 0 Å². The first-order valence-corrected chi connectivity index (χ1v) is 6.71. The van der Waals surface area contributed by atoms with E-state index in [-0.39, 0.29) is 4.48 Å². The number of phosphoric ester groups is 1. The number of nitrogens with zero attached hydrogens (tertiary/aromatic N) is 1. The Hall–Kier alpha value is -0.230. The highest BCUT2D eigenvalue weighted by atomic mass is 79.9. The van der Waals surface area contributed by atoms with Crippen molar-refractivity contribution in [3.63, 3.8) is 0 Å². The molecule has 2 aliphatic rings. The van der Waals surface area contributed by atoms with Crippen LogP contribution in [0, 0.1) is 0 Å². The second-order valence-electron chi connectivity index (χ2n) is 3.06. The van der Waals surface area contributed by atoms with Crippen LogP contribution in [-0.4, -0.2) is 11.3 Å². The quantitative estimate of drug-likeness (QED) is 0.559. The fourth-order valence-corrected chi connectivity index (χ4v) is 2.92. The Morgan fingerprint density at radius 1 is 1.44 bits per heavy atom. The van der Waals surface area contributed by atoms with E-state index in [1.165, 1.54) is 18.4 Å². The molecule has 16 heavy (non-hydrogen) atoms. The van der Waals surface area contributed by atoms with Gasteiger partial charge in [-0.3, -0.25) is 4.99 Å². The first-order chi connectivity index (χ1) is 7.33. The van der Waals surface area contributed by atoms with E-state index >= 15 is 0 Å². The fourth-order valence-electron chi connectivity index (χ4n) is 1.39. The van der Waals surface area contributed by atoms with Crippen LogP contribution >= 0.6 is 35.4 Å². The van der Waals surface area contributed by atoms with Gasteiger partial charge in [-0.1, -0.05) is 27.5 Å². The molecule has 1 atom stereocenters. The Morgan fingerprint density at radius 3 is 2.75 bits per heavy atom. The predicted molar refractivity (Wildman–Crippen MR) is 58.9 cm³/mol. The third-order valence-corrected chi connectivity index (χ3v) is 4.15. The van der Waals surface area contributed by atoms with Gasteiger partial charge in [-0.05, 0) is 18.2 Å². The highest BCUT2D eigenvalue weighted by molar-refractivity contribution is 9.11. The van der Waals surface area contributed by atoms with Crippen LogP contribution < -0.4 is 9.79 Å². The maximum Gasteiger partial charge on any atom is 0.206 e. The third-order valence-electron chi connectivity index (χ3n) is 2.01. The van der Waals surface area contributed by atoms with E-state index in [0.29, 0.717) is 11.3 Å². The first-order valence-electron chi connectivity index (χ1n) is 4.08. The summed E-state index contributed by atoms with van der Waals surface area (Å²) in [4.78, 5) is 25.3. The van der Waals surface area contributed by atoms with Crippen LogP contribution in [0.5, 0.6) is 0 Å². The van der Waals surface area contributed by atoms with Crippen LogP contribution in [-0.2, 0) is 9.09 Å². The van der Waals surface area contributed by atoms with E-state index in [1.807, 2.05) is 0 Å². The average Bonchev–Trinajstić information content (AvgIpc) is 2.58. The molecule has 0 aromatic heterocycles. The zero-order valence-corrected chi connectivity index (χ0v) is 10.8. The molecule has 0 saturated heterocycles. The number of rotatable bonds is 2. The molecule has 0 fully saturated rings. The SMILES string of the molecule is O=P([O-])([O-])OC1(Cl)C(Br)=CC=C2N=CC=C21. The standard InChI is InChI=1S/C8H6BrClNO4P/c9-7-2-1-6-5(3-4-11-6)8(7,10)15-16(12,13)14/h1-4H,(H2,12,13,14)/p-2. The number of hydrogen-bond donors (Lipinski definition) is 0. The summed E-state index contributed by atoms with van der Waals surface area (Å²) in [5.74, 6) is 0. The summed E-state index contributed by atoms with van der Waals surface area (Å²) in [7, 11) is -5.21. The molecule has 1 heterocycles. The van der Waals surface area contributed by atoms with Crippen molar-refractivity contribution < 1.29 is 18.9 Å². The highest BCUT2D eigenvalue weighted by Gasteiger charge is 2.41. The van der Waals surface area contributed by atoms with Crippen molar-refractivity contribution in [1.82, 2.24) is 0 Å². The van der Waals surface area contributed by atoms with Gasteiger partial charge in [0.05, 0.1) is 13.5 Å². The number of hydrogen-bond acceptors (Lipinski definition) is 5. The van der Waals surface area contributed by atoms with Crippen LogP contribution in [0.15, 0.2) is 39.0 Å². The lowest BCUT2D eigenvalue weighted by Crippen LogP contribution is -2.34. The summed E-state index contributed by atoms with van der Waals surface area (Å²) in [6.07, 6.45) is 6.05. The molecule has 2 rings (SSSR count). The van der Waals surface area contributed by atoms with Gasteiger partial charge in [-0.25, -0.2) is 0 Å². The Bertz CT molecular complexity index is 506. The Labute approximate surface area is 105 Å². The first kappa shape index (κ1) is 12.2. The summed E-state index contributed by atoms with van der Waals surface area (Å²) in [6.45, 7) is 0. The van der Waals surface area contributed by atoms with Gasteiger partial charge in [0, 0.05) is 16.3 Å². The highest BCUT2D eigenvalue weighted by Crippen LogP contribution is 2.51. The number of fused-ring (bicyclic) bond motifs is 1. The molecule has 0 aromatic carbocycles. The van der Waals surface area contributed by atoms with Crippen molar-refractivity contribution >= 4 is 41.6 Å². The van der Waals surface area contributed by atoms with E-state index in [0.717, 1.165) is 0 Å². The molecule has 0 spiro atoms. The summed E-state index contributed by atoms with van der Waals surface area (Å²) in [6, 6.07) is 0. The molecule has 5 nitrogen and oxygen atoms in total. The molecular formula is C8H4BrClNO4P-2. The molecule has 1 unspecified atom stereocenters. The maximum absolute atomic E-state index is 10.7. The molecule has 0 aromatic rings. The molecule has 1 aliphatic carbocycles. The van der Waals surface area contributed by atoms with Crippen LogP contribution in [0.1, 0.15) is 0 Å². The van der Waals surface area contributed by atoms with Crippen molar-refractivity contribution in [3.05, 3.63) is 34.0 Å². The molecular weight excluding hydrogens is 320 g/mol. The van der Waals surface area contributed by atoms with Gasteiger partial charge in [0.2, 0.25) is 5.06 Å². The average molecular weight is 324 g/mol. The van der Waals surface area contributed by atoms with Crippen molar-refractivity contribution in [2.24, 2.45) is 4.99 Å². The molecule has 86 valence electrons. The summed E-state index contributed by atoms with van der Waals surface area (Å²) in [5, 5.41) is -1.85. The van der Waals surface area contributed by atoms with Gasteiger partial charge >= 0.3 is 0 Å². The number of allylic oxidation sites excluding steroid dienone is 3. The van der Waals surface area contributed by atoms with E-state index in [2.05, 4.69) is 25.4 Å². The zero-order valence-electron chi connectivity index (χ0n) is 7.59. The van der Waals surface area contributed by atoms with Gasteiger partial charge in [0.15, 0.2) is 0 Å². The van der Waals surface area contributed by atoms with Crippen LogP contribution in [0.25, 0.3) is 0 Å². The Morgan fingerprint density at radius 2 is 2.12 bits per heavy atom. The van der Waals surface area contributed by atoms with Crippen molar-refractivity contribution in [3.8, 4) is 0 Å². The van der Waals surface area contributed by atoms with Crippen LogP contribution in [0.2, 0.25) is 0 Å². The molecule has 0 radical (unpaired) electrons. The monoisotopic (exact) mass is 323 g/mol. The molecule has 0 N–H and O–H groups in total. The lowest BCUT2D eigenvalue weighted by atomic mass is 10.0. The van der Waals surface area contributed by atoms with Crippen molar-refractivity contribution in [1.29, 1.82) is 0 Å². The minimum absolute atomic E-state index is 0.231. The molecule has 8 heteroatoms. The van der Waals surface area contributed by atoms with E-state index < -0.39 is 12.9 Å².